The first-order chi connectivity index (χ1) is 9.99. The molecule has 3 nitrogen and oxygen atoms in total. The number of aromatic nitrogens is 2. The highest BCUT2D eigenvalue weighted by molar-refractivity contribution is 6.11. The Hall–Kier alpha value is -1.08. The number of ether oxygens (including phenoxy) is 1. The number of para-hydroxylation sites is 1. The van der Waals surface area contributed by atoms with Crippen LogP contribution in [0.15, 0.2) is 36.4 Å². The van der Waals surface area contributed by atoms with Gasteiger partial charge in [0.1, 0.15) is 0 Å². The highest BCUT2D eigenvalue weighted by Gasteiger charge is 2.14. The summed E-state index contributed by atoms with van der Waals surface area (Å²) in [5, 5.41) is 4.75. The fraction of sp³-hybridized carbons (Fsp3) is 0.471. The molecule has 2 aromatic rings. The molecule has 2 atom stereocenters. The fourth-order valence-electron chi connectivity index (χ4n) is 2.03. The minimum Gasteiger partial charge on any atom is -0.373 e. The summed E-state index contributed by atoms with van der Waals surface area (Å²) in [6, 6.07) is 12.4. The van der Waals surface area contributed by atoms with Crippen molar-refractivity contribution >= 4 is 16.3 Å². The van der Waals surface area contributed by atoms with E-state index < -0.39 is 0 Å². The summed E-state index contributed by atoms with van der Waals surface area (Å²) < 4.78 is 8.69. The van der Waals surface area contributed by atoms with Crippen molar-refractivity contribution in [3.8, 4) is 5.69 Å². The molecular formula is C17H25AlN2O. The lowest BCUT2D eigenvalue weighted by atomic mass is 10.1. The SMILES string of the molecule is CC(C)c1cc(COC(C)[C@@H](C)[AlH2])n(-c2ccccc2)n1. The number of nitrogens with zero attached hydrogens (tertiary/aromatic N) is 2. The van der Waals surface area contributed by atoms with Crippen LogP contribution in [0.2, 0.25) is 4.78 Å². The van der Waals surface area contributed by atoms with Crippen molar-refractivity contribution in [3.05, 3.63) is 47.8 Å². The molecule has 2 rings (SSSR count). The smallest absolute Gasteiger partial charge is 0.219 e. The lowest BCUT2D eigenvalue weighted by Crippen LogP contribution is -2.15. The van der Waals surface area contributed by atoms with Crippen LogP contribution in [0.25, 0.3) is 5.69 Å². The van der Waals surface area contributed by atoms with Crippen LogP contribution >= 0.6 is 0 Å². The van der Waals surface area contributed by atoms with Gasteiger partial charge in [0, 0.05) is 6.10 Å². The molecular weight excluding hydrogens is 275 g/mol. The predicted molar refractivity (Wildman–Crippen MR) is 89.9 cm³/mol. The zero-order chi connectivity index (χ0) is 15.4. The molecule has 0 N–H and O–H groups in total. The first kappa shape index (κ1) is 16.3. The normalized spacial score (nSPS) is 14.3. The Kier molecular flexibility index (Phi) is 5.64. The van der Waals surface area contributed by atoms with Crippen LogP contribution in [0.1, 0.15) is 45.0 Å². The molecule has 0 aliphatic heterocycles. The van der Waals surface area contributed by atoms with Crippen LogP contribution in [-0.4, -0.2) is 32.2 Å². The minimum absolute atomic E-state index is 0.304. The van der Waals surface area contributed by atoms with E-state index in [1.807, 2.05) is 22.9 Å². The third-order valence-corrected chi connectivity index (χ3v) is 4.77. The molecule has 1 heterocycles. The maximum absolute atomic E-state index is 6.02. The van der Waals surface area contributed by atoms with Crippen molar-refractivity contribution in [1.29, 1.82) is 0 Å². The van der Waals surface area contributed by atoms with Crippen molar-refractivity contribution in [1.82, 2.24) is 9.78 Å². The van der Waals surface area contributed by atoms with E-state index in [9.17, 15) is 0 Å². The van der Waals surface area contributed by atoms with Gasteiger partial charge in [-0.3, -0.25) is 0 Å². The Morgan fingerprint density at radius 2 is 1.81 bits per heavy atom. The zero-order valence-corrected chi connectivity index (χ0v) is 15.7. The van der Waals surface area contributed by atoms with Crippen molar-refractivity contribution in [3.63, 3.8) is 0 Å². The largest absolute Gasteiger partial charge is 0.373 e. The fourth-order valence-corrected chi connectivity index (χ4v) is 2.22. The second-order valence-corrected chi connectivity index (χ2v) is 8.04. The molecule has 0 radical (unpaired) electrons. The van der Waals surface area contributed by atoms with E-state index in [4.69, 9.17) is 9.84 Å². The van der Waals surface area contributed by atoms with Crippen molar-refractivity contribution in [2.45, 2.75) is 51.1 Å². The van der Waals surface area contributed by atoms with Gasteiger partial charge in [-0.2, -0.15) is 5.10 Å². The van der Waals surface area contributed by atoms with E-state index in [1.165, 1.54) is 0 Å². The van der Waals surface area contributed by atoms with Gasteiger partial charge >= 0.3 is 0 Å². The van der Waals surface area contributed by atoms with E-state index in [1.54, 1.807) is 0 Å². The quantitative estimate of drug-likeness (QED) is 0.765. The molecule has 1 aromatic heterocycles. The minimum atomic E-state index is 0.304. The number of hydrogen-bond donors (Lipinski definition) is 0. The van der Waals surface area contributed by atoms with Crippen LogP contribution < -0.4 is 0 Å². The summed E-state index contributed by atoms with van der Waals surface area (Å²) in [6.07, 6.45) is 0.304. The van der Waals surface area contributed by atoms with Crippen LogP contribution in [0.4, 0.5) is 0 Å². The lowest BCUT2D eigenvalue weighted by molar-refractivity contribution is 0.0484. The molecule has 1 aromatic carbocycles. The highest BCUT2D eigenvalue weighted by atomic mass is 27.0. The molecule has 0 aliphatic carbocycles. The summed E-state index contributed by atoms with van der Waals surface area (Å²) in [6.45, 7) is 9.35. The summed E-state index contributed by atoms with van der Waals surface area (Å²) in [4.78, 5) is 0. The molecule has 0 spiro atoms. The van der Waals surface area contributed by atoms with Crippen LogP contribution in [0.3, 0.4) is 0 Å². The second-order valence-electron chi connectivity index (χ2n) is 6.22. The molecule has 0 amide bonds. The number of benzene rings is 1. The Bertz CT molecular complexity index is 563. The Balaban J connectivity index is 2.26. The third kappa shape index (κ3) is 4.20. The average molecular weight is 300 g/mol. The van der Waals surface area contributed by atoms with Gasteiger partial charge in [0.15, 0.2) is 0 Å². The zero-order valence-electron chi connectivity index (χ0n) is 13.7. The molecule has 4 heteroatoms. The molecule has 1 unspecified atom stereocenters. The monoisotopic (exact) mass is 300 g/mol. The standard InChI is InChI=1S/C17H23N2O.Al.2H/c1-5-14(4)20-12-16-11-17(13(2)3)18-19(16)15-9-7-6-8-10-15;;;/h5-11,13-14H,12H2,1-4H3;;;. The van der Waals surface area contributed by atoms with Gasteiger partial charge in [0.05, 0.1) is 23.7 Å². The predicted octanol–water partition coefficient (Wildman–Crippen LogP) is 3.34. The molecule has 112 valence electrons. The first-order valence-electron chi connectivity index (χ1n) is 7.75. The van der Waals surface area contributed by atoms with Crippen LogP contribution in [0, 0.1) is 0 Å². The van der Waals surface area contributed by atoms with Gasteiger partial charge in [0.2, 0.25) is 16.3 Å². The van der Waals surface area contributed by atoms with E-state index in [-0.39, 0.29) is 0 Å². The van der Waals surface area contributed by atoms with E-state index in [0.717, 1.165) is 33.4 Å². The Labute approximate surface area is 135 Å². The van der Waals surface area contributed by atoms with Crippen LogP contribution in [-0.2, 0) is 11.3 Å². The van der Waals surface area contributed by atoms with E-state index in [0.29, 0.717) is 23.4 Å². The maximum atomic E-state index is 6.02. The molecule has 0 saturated heterocycles. The summed E-state index contributed by atoms with van der Waals surface area (Å²) >= 11 is 1.16. The molecule has 0 bridgehead atoms. The Morgan fingerprint density at radius 1 is 1.14 bits per heavy atom. The van der Waals surface area contributed by atoms with Gasteiger partial charge in [-0.05, 0) is 31.0 Å². The van der Waals surface area contributed by atoms with Crippen molar-refractivity contribution in [2.75, 3.05) is 0 Å². The molecule has 0 aliphatic rings. The molecule has 0 saturated carbocycles. The maximum Gasteiger partial charge on any atom is 0.219 e. The van der Waals surface area contributed by atoms with Gasteiger partial charge in [-0.1, -0.05) is 43.8 Å². The number of hydrogen-bond acceptors (Lipinski definition) is 2. The van der Waals surface area contributed by atoms with Gasteiger partial charge in [-0.25, -0.2) is 4.68 Å². The summed E-state index contributed by atoms with van der Waals surface area (Å²) in [5.74, 6) is 0.420. The number of rotatable bonds is 6. The van der Waals surface area contributed by atoms with Gasteiger partial charge in [0.25, 0.3) is 0 Å². The molecule has 0 fully saturated rings. The van der Waals surface area contributed by atoms with Gasteiger partial charge in [-0.15, -0.1) is 0 Å². The summed E-state index contributed by atoms with van der Waals surface area (Å²) in [7, 11) is 0. The average Bonchev–Trinajstić information content (AvgIpc) is 2.90. The first-order valence-corrected chi connectivity index (χ1v) is 8.90. The Morgan fingerprint density at radius 3 is 2.38 bits per heavy atom. The highest BCUT2D eigenvalue weighted by Crippen LogP contribution is 2.20. The van der Waals surface area contributed by atoms with Crippen molar-refractivity contribution < 1.29 is 4.74 Å². The lowest BCUT2D eigenvalue weighted by Gasteiger charge is -2.17. The molecule has 21 heavy (non-hydrogen) atoms. The van der Waals surface area contributed by atoms with Crippen LogP contribution in [0.5, 0.6) is 0 Å². The topological polar surface area (TPSA) is 27.1 Å². The van der Waals surface area contributed by atoms with E-state index in [2.05, 4.69) is 45.9 Å². The third-order valence-electron chi connectivity index (χ3n) is 3.83. The second kappa shape index (κ2) is 7.27. The van der Waals surface area contributed by atoms with E-state index >= 15 is 0 Å². The van der Waals surface area contributed by atoms with Gasteiger partial charge < -0.3 is 4.74 Å². The summed E-state index contributed by atoms with van der Waals surface area (Å²) in [5.41, 5.74) is 3.33. The van der Waals surface area contributed by atoms with Crippen molar-refractivity contribution in [2.24, 2.45) is 0 Å².